The van der Waals surface area contributed by atoms with E-state index in [9.17, 15) is 28.3 Å². The van der Waals surface area contributed by atoms with Gasteiger partial charge in [-0.15, -0.1) is 13.2 Å². The number of nitrogens with zero attached hydrogens (tertiary/aromatic N) is 2. The van der Waals surface area contributed by atoms with Crippen LogP contribution < -0.4 is 10.1 Å². The molecule has 0 aliphatic rings. The van der Waals surface area contributed by atoms with Gasteiger partial charge < -0.3 is 15.2 Å². The van der Waals surface area contributed by atoms with Gasteiger partial charge in [-0.2, -0.15) is 5.26 Å². The number of carbonyl (C=O) groups is 1. The van der Waals surface area contributed by atoms with Crippen LogP contribution in [-0.2, 0) is 4.79 Å². The van der Waals surface area contributed by atoms with E-state index in [1.54, 1.807) is 36.4 Å². The maximum Gasteiger partial charge on any atom is 0.573 e. The van der Waals surface area contributed by atoms with Crippen molar-refractivity contribution in [2.45, 2.75) is 26.3 Å². The van der Waals surface area contributed by atoms with E-state index in [0.717, 1.165) is 5.56 Å². The van der Waals surface area contributed by atoms with Crippen molar-refractivity contribution >= 4 is 22.6 Å². The first kappa shape index (κ1) is 24.5. The molecular weight excluding hydrogens is 471 g/mol. The van der Waals surface area contributed by atoms with Gasteiger partial charge in [0.1, 0.15) is 23.4 Å². The number of aryl methyl sites for hydroxylation is 1. The monoisotopic (exact) mass is 491 g/mol. The second-order valence-electron chi connectivity index (χ2n) is 8.17. The molecule has 1 atom stereocenters. The number of pyridine rings is 1. The zero-order chi connectivity index (χ0) is 26.0. The Morgan fingerprint density at radius 3 is 2.39 bits per heavy atom. The number of carboxylic acid groups (broad SMARTS) is 1. The van der Waals surface area contributed by atoms with Gasteiger partial charge in [-0.1, -0.05) is 54.1 Å². The molecule has 0 spiro atoms. The summed E-state index contributed by atoms with van der Waals surface area (Å²) in [5.74, 6) is -1.41. The van der Waals surface area contributed by atoms with E-state index in [-0.39, 0.29) is 16.9 Å². The lowest BCUT2D eigenvalue weighted by Crippen LogP contribution is -2.26. The summed E-state index contributed by atoms with van der Waals surface area (Å²) >= 11 is 0. The third-order valence-corrected chi connectivity index (χ3v) is 5.57. The summed E-state index contributed by atoms with van der Waals surface area (Å²) in [5, 5.41) is 23.0. The topological polar surface area (TPSA) is 95.2 Å². The second-order valence-corrected chi connectivity index (χ2v) is 8.17. The Kier molecular flexibility index (Phi) is 6.53. The van der Waals surface area contributed by atoms with Crippen LogP contribution in [0, 0.1) is 18.3 Å². The summed E-state index contributed by atoms with van der Waals surface area (Å²) in [7, 11) is 0. The summed E-state index contributed by atoms with van der Waals surface area (Å²) in [6.07, 6.45) is -4.83. The highest BCUT2D eigenvalue weighted by Gasteiger charge is 2.32. The maximum absolute atomic E-state index is 12.8. The van der Waals surface area contributed by atoms with Crippen LogP contribution in [0.4, 0.5) is 18.9 Å². The Morgan fingerprint density at radius 2 is 1.75 bits per heavy atom. The lowest BCUT2D eigenvalue weighted by Gasteiger charge is -2.18. The molecule has 1 aromatic heterocycles. The second kappa shape index (κ2) is 9.58. The number of benzene rings is 3. The fraction of sp³-hybridized carbons (Fsp3) is 0.148. The Hall–Kier alpha value is -4.58. The molecule has 4 rings (SSSR count). The predicted molar refractivity (Wildman–Crippen MR) is 129 cm³/mol. The fourth-order valence-electron chi connectivity index (χ4n) is 3.85. The van der Waals surface area contributed by atoms with Crippen LogP contribution >= 0.6 is 0 Å². The summed E-state index contributed by atoms with van der Waals surface area (Å²) in [6.45, 7) is 3.35. The molecule has 6 nitrogen and oxygen atoms in total. The smallest absolute Gasteiger partial charge is 0.480 e. The standard InChI is InChI=1S/C27H20F3N3O3/c1-15-7-12-22-20(13-15)25(32-16(2)26(34)35)21(14-31)24(33-22)18-10-8-17(9-11-18)19-5-3-4-6-23(19)36-27(28,29)30/h3-13,16H,1-2H3,(H,32,33)(H,34,35). The number of aromatic nitrogens is 1. The molecule has 0 fully saturated rings. The number of hydrogen-bond acceptors (Lipinski definition) is 5. The number of ether oxygens (including phenoxy) is 1. The highest BCUT2D eigenvalue weighted by molar-refractivity contribution is 5.99. The molecular formula is C27H20F3N3O3. The Labute approximate surface area is 204 Å². The first-order valence-electron chi connectivity index (χ1n) is 10.9. The van der Waals surface area contributed by atoms with Crippen molar-refractivity contribution < 1.29 is 27.8 Å². The van der Waals surface area contributed by atoms with Gasteiger partial charge in [-0.3, -0.25) is 4.79 Å². The Bertz CT molecular complexity index is 1490. The summed E-state index contributed by atoms with van der Waals surface area (Å²) in [4.78, 5) is 16.2. The quantitative estimate of drug-likeness (QED) is 0.318. The third-order valence-electron chi connectivity index (χ3n) is 5.57. The minimum atomic E-state index is -4.83. The summed E-state index contributed by atoms with van der Waals surface area (Å²) < 4.78 is 42.7. The first-order chi connectivity index (χ1) is 17.1. The number of fused-ring (bicyclic) bond motifs is 1. The number of rotatable bonds is 6. The van der Waals surface area contributed by atoms with Crippen LogP contribution in [0.1, 0.15) is 18.1 Å². The molecule has 182 valence electrons. The number of nitrogens with one attached hydrogen (secondary N) is 1. The van der Waals surface area contributed by atoms with Crippen LogP contribution in [0.2, 0.25) is 0 Å². The molecule has 0 saturated carbocycles. The van der Waals surface area contributed by atoms with Crippen molar-refractivity contribution in [2.75, 3.05) is 5.32 Å². The van der Waals surface area contributed by atoms with Crippen LogP contribution in [0.5, 0.6) is 5.75 Å². The molecule has 1 heterocycles. The Morgan fingerprint density at radius 1 is 1.08 bits per heavy atom. The molecule has 0 radical (unpaired) electrons. The number of nitriles is 1. The minimum Gasteiger partial charge on any atom is -0.480 e. The molecule has 2 N–H and O–H groups in total. The van der Waals surface area contributed by atoms with E-state index in [1.165, 1.54) is 25.1 Å². The van der Waals surface area contributed by atoms with Crippen molar-refractivity contribution in [3.63, 3.8) is 0 Å². The van der Waals surface area contributed by atoms with Crippen molar-refractivity contribution in [1.29, 1.82) is 5.26 Å². The fourth-order valence-corrected chi connectivity index (χ4v) is 3.85. The number of anilines is 1. The summed E-state index contributed by atoms with van der Waals surface area (Å²) in [5.41, 5.74) is 3.57. The van der Waals surface area contributed by atoms with E-state index < -0.39 is 18.4 Å². The van der Waals surface area contributed by atoms with Gasteiger partial charge in [-0.05, 0) is 37.6 Å². The van der Waals surface area contributed by atoms with E-state index in [1.807, 2.05) is 19.1 Å². The maximum atomic E-state index is 12.8. The average molecular weight is 491 g/mol. The van der Waals surface area contributed by atoms with E-state index in [0.29, 0.717) is 33.4 Å². The molecule has 0 aliphatic heterocycles. The number of aliphatic carboxylic acids is 1. The van der Waals surface area contributed by atoms with E-state index in [4.69, 9.17) is 0 Å². The zero-order valence-corrected chi connectivity index (χ0v) is 19.2. The number of hydrogen-bond donors (Lipinski definition) is 2. The molecule has 0 aliphatic carbocycles. The van der Waals surface area contributed by atoms with Crippen LogP contribution in [0.3, 0.4) is 0 Å². The zero-order valence-electron chi connectivity index (χ0n) is 19.2. The number of alkyl halides is 3. The lowest BCUT2D eigenvalue weighted by molar-refractivity contribution is -0.274. The molecule has 36 heavy (non-hydrogen) atoms. The van der Waals surface area contributed by atoms with Crippen molar-refractivity contribution in [3.8, 4) is 34.2 Å². The number of para-hydroxylation sites is 1. The molecule has 0 amide bonds. The molecule has 9 heteroatoms. The van der Waals surface area contributed by atoms with Gasteiger partial charge in [0.15, 0.2) is 0 Å². The molecule has 0 saturated heterocycles. The first-order valence-corrected chi connectivity index (χ1v) is 10.9. The third kappa shape index (κ3) is 5.08. The highest BCUT2D eigenvalue weighted by atomic mass is 19.4. The van der Waals surface area contributed by atoms with Gasteiger partial charge in [0.25, 0.3) is 0 Å². The van der Waals surface area contributed by atoms with Crippen molar-refractivity contribution in [2.24, 2.45) is 0 Å². The van der Waals surface area contributed by atoms with Gasteiger partial charge in [0.2, 0.25) is 0 Å². The van der Waals surface area contributed by atoms with Crippen LogP contribution in [0.15, 0.2) is 66.7 Å². The van der Waals surface area contributed by atoms with Gasteiger partial charge in [0, 0.05) is 16.5 Å². The molecule has 0 bridgehead atoms. The van der Waals surface area contributed by atoms with Gasteiger partial charge in [0.05, 0.1) is 16.9 Å². The van der Waals surface area contributed by atoms with E-state index in [2.05, 4.69) is 21.1 Å². The predicted octanol–water partition coefficient (Wildman–Crippen LogP) is 6.53. The Balaban J connectivity index is 1.84. The highest BCUT2D eigenvalue weighted by Crippen LogP contribution is 2.37. The molecule has 4 aromatic rings. The van der Waals surface area contributed by atoms with Gasteiger partial charge in [-0.25, -0.2) is 4.98 Å². The average Bonchev–Trinajstić information content (AvgIpc) is 2.83. The number of halogens is 3. The van der Waals surface area contributed by atoms with Crippen LogP contribution in [0.25, 0.3) is 33.3 Å². The molecule has 1 unspecified atom stereocenters. The minimum absolute atomic E-state index is 0.162. The lowest BCUT2D eigenvalue weighted by atomic mass is 9.97. The normalized spacial score (nSPS) is 12.1. The van der Waals surface area contributed by atoms with Crippen LogP contribution in [-0.4, -0.2) is 28.5 Å². The SMILES string of the molecule is Cc1ccc2nc(-c3ccc(-c4ccccc4OC(F)(F)F)cc3)c(C#N)c(NC(C)C(=O)O)c2c1. The van der Waals surface area contributed by atoms with Crippen molar-refractivity contribution in [1.82, 2.24) is 4.98 Å². The summed E-state index contributed by atoms with van der Waals surface area (Å²) in [6, 6.07) is 19.0. The van der Waals surface area contributed by atoms with Gasteiger partial charge >= 0.3 is 12.3 Å². The van der Waals surface area contributed by atoms with Crippen molar-refractivity contribution in [3.05, 3.63) is 77.9 Å². The largest absolute Gasteiger partial charge is 0.573 e. The van der Waals surface area contributed by atoms with E-state index >= 15 is 0 Å². The number of carboxylic acids is 1. The molecule has 3 aromatic carbocycles.